The third-order valence-electron chi connectivity index (χ3n) is 4.25. The van der Waals surface area contributed by atoms with Crippen LogP contribution >= 0.6 is 0 Å². The number of methoxy groups -OCH3 is 1. The van der Waals surface area contributed by atoms with Crippen molar-refractivity contribution in [3.05, 3.63) is 89.4 Å². The van der Waals surface area contributed by atoms with Crippen LogP contribution in [0.4, 0.5) is 15.9 Å². The molecule has 0 aliphatic rings. The molecular formula is C22H20FN3O3. The molecule has 0 spiro atoms. The number of nitrogens with zero attached hydrogens (tertiary/aromatic N) is 1. The second-order valence-corrected chi connectivity index (χ2v) is 6.22. The lowest BCUT2D eigenvalue weighted by molar-refractivity contribution is 0.0600. The van der Waals surface area contributed by atoms with E-state index in [1.807, 2.05) is 0 Å². The summed E-state index contributed by atoms with van der Waals surface area (Å²) < 4.78 is 18.2. The molecule has 1 amide bonds. The summed E-state index contributed by atoms with van der Waals surface area (Å²) in [5.74, 6) is -0.388. The quantitative estimate of drug-likeness (QED) is 0.595. The summed E-state index contributed by atoms with van der Waals surface area (Å²) in [6.07, 6.45) is 1.99. The lowest BCUT2D eigenvalue weighted by Gasteiger charge is -2.08. The Labute approximate surface area is 167 Å². The number of nitrogens with one attached hydrogen (secondary N) is 2. The van der Waals surface area contributed by atoms with Gasteiger partial charge < -0.3 is 15.4 Å². The molecular weight excluding hydrogens is 373 g/mol. The minimum atomic E-state index is -0.440. The number of hydrogen-bond acceptors (Lipinski definition) is 5. The predicted octanol–water partition coefficient (Wildman–Crippen LogP) is 3.91. The van der Waals surface area contributed by atoms with E-state index in [-0.39, 0.29) is 11.7 Å². The van der Waals surface area contributed by atoms with Gasteiger partial charge in [0.05, 0.1) is 18.2 Å². The molecule has 29 heavy (non-hydrogen) atoms. The largest absolute Gasteiger partial charge is 0.465 e. The van der Waals surface area contributed by atoms with Gasteiger partial charge in [-0.25, -0.2) is 14.2 Å². The van der Waals surface area contributed by atoms with Crippen LogP contribution in [-0.2, 0) is 11.2 Å². The maximum absolute atomic E-state index is 13.6. The number of pyridine rings is 1. The first kappa shape index (κ1) is 20.0. The number of hydrogen-bond donors (Lipinski definition) is 2. The highest BCUT2D eigenvalue weighted by Crippen LogP contribution is 2.13. The molecule has 3 aromatic rings. The van der Waals surface area contributed by atoms with Crippen LogP contribution in [0, 0.1) is 5.82 Å². The van der Waals surface area contributed by atoms with Crippen molar-refractivity contribution in [2.45, 2.75) is 6.42 Å². The van der Waals surface area contributed by atoms with Gasteiger partial charge in [-0.3, -0.25) is 4.79 Å². The Bertz CT molecular complexity index is 989. The molecule has 1 aromatic heterocycles. The number of carbonyl (C=O) groups is 2. The molecule has 6 nitrogen and oxygen atoms in total. The Morgan fingerprint density at radius 2 is 1.72 bits per heavy atom. The highest BCUT2D eigenvalue weighted by Gasteiger charge is 2.09. The molecule has 2 N–H and O–H groups in total. The van der Waals surface area contributed by atoms with E-state index >= 15 is 0 Å². The topological polar surface area (TPSA) is 80.3 Å². The van der Waals surface area contributed by atoms with Gasteiger partial charge in [0.15, 0.2) is 0 Å². The molecule has 0 atom stereocenters. The molecule has 0 radical (unpaired) electrons. The van der Waals surface area contributed by atoms with E-state index in [4.69, 9.17) is 0 Å². The summed E-state index contributed by atoms with van der Waals surface area (Å²) in [7, 11) is 1.31. The third kappa shape index (κ3) is 5.38. The monoisotopic (exact) mass is 393 g/mol. The summed E-state index contributed by atoms with van der Waals surface area (Å²) >= 11 is 0. The first-order valence-corrected chi connectivity index (χ1v) is 9.00. The molecule has 3 rings (SSSR count). The fourth-order valence-corrected chi connectivity index (χ4v) is 2.67. The van der Waals surface area contributed by atoms with Crippen LogP contribution in [0.2, 0.25) is 0 Å². The summed E-state index contributed by atoms with van der Waals surface area (Å²) in [6, 6.07) is 16.4. The summed E-state index contributed by atoms with van der Waals surface area (Å²) in [5, 5.41) is 5.84. The average Bonchev–Trinajstić information content (AvgIpc) is 2.75. The van der Waals surface area contributed by atoms with Gasteiger partial charge in [0.25, 0.3) is 5.91 Å². The zero-order valence-electron chi connectivity index (χ0n) is 15.8. The van der Waals surface area contributed by atoms with E-state index in [0.29, 0.717) is 41.2 Å². The van der Waals surface area contributed by atoms with Gasteiger partial charge in [-0.05, 0) is 54.4 Å². The SMILES string of the molecule is COC(=O)c1ccc(NC(=O)c2ccc(NCCc3ccccc3F)nc2)cc1. The Morgan fingerprint density at radius 3 is 2.38 bits per heavy atom. The second kappa shape index (κ2) is 9.45. The summed E-state index contributed by atoms with van der Waals surface area (Å²) in [5.41, 5.74) is 1.98. The fraction of sp³-hybridized carbons (Fsp3) is 0.136. The Hall–Kier alpha value is -3.74. The highest BCUT2D eigenvalue weighted by atomic mass is 19.1. The van der Waals surface area contributed by atoms with E-state index in [0.717, 1.165) is 0 Å². The first-order chi connectivity index (χ1) is 14.1. The summed E-state index contributed by atoms with van der Waals surface area (Å²) in [6.45, 7) is 0.520. The average molecular weight is 393 g/mol. The standard InChI is InChI=1S/C22H20FN3O3/c1-29-22(28)16-6-9-18(10-7-16)26-21(27)17-8-11-20(25-14-17)24-13-12-15-4-2-3-5-19(15)23/h2-11,14H,12-13H2,1H3,(H,24,25)(H,26,27). The van der Waals surface area contributed by atoms with Crippen molar-refractivity contribution < 1.29 is 18.7 Å². The van der Waals surface area contributed by atoms with Crippen LogP contribution in [0.5, 0.6) is 0 Å². The van der Waals surface area contributed by atoms with Crippen LogP contribution in [0.15, 0.2) is 66.9 Å². The minimum absolute atomic E-state index is 0.228. The van der Waals surface area contributed by atoms with Gasteiger partial charge in [0.2, 0.25) is 0 Å². The maximum atomic E-state index is 13.6. The summed E-state index contributed by atoms with van der Waals surface area (Å²) in [4.78, 5) is 28.0. The zero-order valence-corrected chi connectivity index (χ0v) is 15.8. The molecule has 2 aromatic carbocycles. The molecule has 0 saturated carbocycles. The van der Waals surface area contributed by atoms with Crippen LogP contribution in [-0.4, -0.2) is 30.5 Å². The van der Waals surface area contributed by atoms with Gasteiger partial charge >= 0.3 is 5.97 Å². The van der Waals surface area contributed by atoms with E-state index in [9.17, 15) is 14.0 Å². The number of benzene rings is 2. The number of esters is 1. The number of ether oxygens (including phenoxy) is 1. The smallest absolute Gasteiger partial charge is 0.337 e. The number of halogens is 1. The lowest BCUT2D eigenvalue weighted by Crippen LogP contribution is -2.13. The van der Waals surface area contributed by atoms with Crippen molar-refractivity contribution in [2.75, 3.05) is 24.3 Å². The Kier molecular flexibility index (Phi) is 6.52. The number of amides is 1. The minimum Gasteiger partial charge on any atom is -0.465 e. The fourth-order valence-electron chi connectivity index (χ4n) is 2.67. The van der Waals surface area contributed by atoms with E-state index < -0.39 is 5.97 Å². The molecule has 0 unspecified atom stereocenters. The first-order valence-electron chi connectivity index (χ1n) is 9.00. The number of rotatable bonds is 7. The Balaban J connectivity index is 1.53. The second-order valence-electron chi connectivity index (χ2n) is 6.22. The molecule has 1 heterocycles. The van der Waals surface area contributed by atoms with Crippen LogP contribution in [0.25, 0.3) is 0 Å². The van der Waals surface area contributed by atoms with Crippen LogP contribution in [0.3, 0.4) is 0 Å². The zero-order chi connectivity index (χ0) is 20.6. The van der Waals surface area contributed by atoms with Crippen molar-refractivity contribution in [1.82, 2.24) is 4.98 Å². The third-order valence-corrected chi connectivity index (χ3v) is 4.25. The van der Waals surface area contributed by atoms with Crippen LogP contribution in [0.1, 0.15) is 26.3 Å². The van der Waals surface area contributed by atoms with Crippen molar-refractivity contribution in [1.29, 1.82) is 0 Å². The molecule has 0 bridgehead atoms. The van der Waals surface area contributed by atoms with Crippen LogP contribution < -0.4 is 10.6 Å². The number of carbonyl (C=O) groups excluding carboxylic acids is 2. The molecule has 148 valence electrons. The van der Waals surface area contributed by atoms with Gasteiger partial charge in [-0.15, -0.1) is 0 Å². The van der Waals surface area contributed by atoms with Crippen molar-refractivity contribution in [3.8, 4) is 0 Å². The highest BCUT2D eigenvalue weighted by molar-refractivity contribution is 6.04. The van der Waals surface area contributed by atoms with Gasteiger partial charge in [0.1, 0.15) is 11.6 Å². The predicted molar refractivity (Wildman–Crippen MR) is 109 cm³/mol. The van der Waals surface area contributed by atoms with Crippen molar-refractivity contribution in [2.24, 2.45) is 0 Å². The number of anilines is 2. The van der Waals surface area contributed by atoms with Gasteiger partial charge in [-0.2, -0.15) is 0 Å². The molecule has 7 heteroatoms. The van der Waals surface area contributed by atoms with Gasteiger partial charge in [-0.1, -0.05) is 18.2 Å². The van der Waals surface area contributed by atoms with E-state index in [1.54, 1.807) is 54.6 Å². The van der Waals surface area contributed by atoms with E-state index in [1.165, 1.54) is 19.4 Å². The Morgan fingerprint density at radius 1 is 1.00 bits per heavy atom. The van der Waals surface area contributed by atoms with Gasteiger partial charge in [0, 0.05) is 18.4 Å². The molecule has 0 aliphatic heterocycles. The van der Waals surface area contributed by atoms with Crippen molar-refractivity contribution in [3.63, 3.8) is 0 Å². The number of aromatic nitrogens is 1. The lowest BCUT2D eigenvalue weighted by atomic mass is 10.1. The maximum Gasteiger partial charge on any atom is 0.337 e. The molecule has 0 saturated heterocycles. The van der Waals surface area contributed by atoms with Crippen molar-refractivity contribution >= 4 is 23.4 Å². The normalized spacial score (nSPS) is 10.3. The van der Waals surface area contributed by atoms with E-state index in [2.05, 4.69) is 20.4 Å². The molecule has 0 aliphatic carbocycles. The molecule has 0 fully saturated rings.